The molecule has 6 aromatic carbocycles. The molecular weight excluding hydrogens is 629 g/mol. The zero-order valence-electron chi connectivity index (χ0n) is 30.3. The van der Waals surface area contributed by atoms with Crippen molar-refractivity contribution in [2.75, 3.05) is 4.90 Å². The molecule has 252 valence electrons. The lowest BCUT2D eigenvalue weighted by atomic mass is 9.31. The van der Waals surface area contributed by atoms with Gasteiger partial charge in [0.15, 0.2) is 0 Å². The van der Waals surface area contributed by atoms with Crippen LogP contribution in [0.25, 0.3) is 0 Å². The maximum Gasteiger partial charge on any atom is 0.243 e. The van der Waals surface area contributed by atoms with Crippen LogP contribution in [0.15, 0.2) is 181 Å². The highest BCUT2D eigenvalue weighted by atomic mass is 16.5. The summed E-state index contributed by atoms with van der Waals surface area (Å²) in [6.07, 6.45) is 11.2. The van der Waals surface area contributed by atoms with Crippen molar-refractivity contribution >= 4 is 34.7 Å². The van der Waals surface area contributed by atoms with Crippen LogP contribution in [-0.4, -0.2) is 6.71 Å². The van der Waals surface area contributed by atoms with Gasteiger partial charge in [0.25, 0.3) is 0 Å². The molecule has 0 atom stereocenters. The summed E-state index contributed by atoms with van der Waals surface area (Å²) in [6, 6.07) is 53.3. The van der Waals surface area contributed by atoms with Crippen LogP contribution in [0.2, 0.25) is 0 Å². The Morgan fingerprint density at radius 2 is 1.15 bits per heavy atom. The van der Waals surface area contributed by atoms with Gasteiger partial charge in [0.2, 0.25) is 6.71 Å². The number of fused-ring (bicyclic) bond motifs is 8. The molecule has 3 aliphatic rings. The lowest BCUT2D eigenvalue weighted by Crippen LogP contribution is -2.51. The third-order valence-corrected chi connectivity index (χ3v) is 11.4. The van der Waals surface area contributed by atoms with E-state index in [2.05, 4.69) is 209 Å². The Bertz CT molecular complexity index is 2370. The van der Waals surface area contributed by atoms with Crippen LogP contribution < -0.4 is 20.6 Å². The summed E-state index contributed by atoms with van der Waals surface area (Å²) in [5.74, 6) is 2.19. The minimum absolute atomic E-state index is 0.0480. The molecule has 0 saturated heterocycles. The first-order valence-electron chi connectivity index (χ1n) is 18.5. The number of benzene rings is 6. The molecule has 0 amide bonds. The second kappa shape index (κ2) is 12.5. The lowest BCUT2D eigenvalue weighted by molar-refractivity contribution is 0.437. The fraction of sp³-hybridized carbons (Fsp3) is 0.143. The fourth-order valence-corrected chi connectivity index (χ4v) is 9.09. The second-order valence-electron chi connectivity index (χ2n) is 15.1. The molecule has 9 rings (SSSR count). The number of hydrogen-bond donors (Lipinski definition) is 0. The van der Waals surface area contributed by atoms with E-state index in [0.717, 1.165) is 22.7 Å². The number of nitrogens with zero attached hydrogens (tertiary/aromatic N) is 1. The van der Waals surface area contributed by atoms with E-state index < -0.39 is 5.41 Å². The molecule has 3 heteroatoms. The Kier molecular flexibility index (Phi) is 7.70. The lowest BCUT2D eigenvalue weighted by Gasteiger charge is -2.49. The van der Waals surface area contributed by atoms with E-state index in [1.54, 1.807) is 0 Å². The molecule has 0 fully saturated rings. The summed E-state index contributed by atoms with van der Waals surface area (Å²) in [7, 11) is 0. The van der Waals surface area contributed by atoms with E-state index in [4.69, 9.17) is 4.74 Å². The van der Waals surface area contributed by atoms with E-state index in [1.807, 2.05) is 0 Å². The summed E-state index contributed by atoms with van der Waals surface area (Å²) in [5.41, 5.74) is 12.7. The molecular formula is C49H42BNO. The van der Waals surface area contributed by atoms with Gasteiger partial charge in [0.1, 0.15) is 11.5 Å². The minimum Gasteiger partial charge on any atom is -0.457 e. The Balaban J connectivity index is 1.40. The first-order valence-corrected chi connectivity index (χ1v) is 18.5. The predicted octanol–water partition coefficient (Wildman–Crippen LogP) is 11.3. The first-order chi connectivity index (χ1) is 25.4. The Labute approximate surface area is 308 Å². The molecule has 0 unspecified atom stereocenters. The van der Waals surface area contributed by atoms with Crippen molar-refractivity contribution in [3.8, 4) is 11.5 Å². The van der Waals surface area contributed by atoms with Crippen LogP contribution in [0.5, 0.6) is 11.5 Å². The maximum absolute atomic E-state index is 7.29. The zero-order valence-corrected chi connectivity index (χ0v) is 30.3. The van der Waals surface area contributed by atoms with E-state index in [-0.39, 0.29) is 12.1 Å². The molecule has 0 radical (unpaired) electrons. The topological polar surface area (TPSA) is 12.5 Å². The highest BCUT2D eigenvalue weighted by molar-refractivity contribution is 6.92. The smallest absolute Gasteiger partial charge is 0.243 e. The van der Waals surface area contributed by atoms with Gasteiger partial charge in [-0.2, -0.15) is 0 Å². The molecule has 1 spiro atoms. The Morgan fingerprint density at radius 1 is 0.558 bits per heavy atom. The SMILES string of the molecule is CC(C)c1ccccc1B(C1=CC=CC=CC1(C)C)c1cccc2c1Oc1ccccc1C21c2ccccc2N(c2ccccc2)c2ccccc21. The van der Waals surface area contributed by atoms with Gasteiger partial charge in [-0.05, 0) is 58.3 Å². The van der Waals surface area contributed by atoms with Crippen molar-refractivity contribution in [1.29, 1.82) is 0 Å². The van der Waals surface area contributed by atoms with Crippen molar-refractivity contribution in [2.45, 2.75) is 39.0 Å². The van der Waals surface area contributed by atoms with Gasteiger partial charge in [-0.3, -0.25) is 0 Å². The molecule has 2 aliphatic heterocycles. The van der Waals surface area contributed by atoms with Crippen LogP contribution in [0.1, 0.15) is 61.4 Å². The third kappa shape index (κ3) is 4.79. The fourth-order valence-electron chi connectivity index (χ4n) is 9.09. The monoisotopic (exact) mass is 671 g/mol. The van der Waals surface area contributed by atoms with E-state index in [9.17, 15) is 0 Å². The highest BCUT2D eigenvalue weighted by Gasteiger charge is 2.52. The van der Waals surface area contributed by atoms with Crippen molar-refractivity contribution in [2.24, 2.45) is 5.41 Å². The summed E-state index contributed by atoms with van der Waals surface area (Å²) >= 11 is 0. The number of hydrogen-bond acceptors (Lipinski definition) is 2. The molecule has 2 nitrogen and oxygen atoms in total. The zero-order chi connectivity index (χ0) is 35.5. The number of para-hydroxylation sites is 5. The van der Waals surface area contributed by atoms with Crippen LogP contribution in [0, 0.1) is 5.41 Å². The largest absolute Gasteiger partial charge is 0.457 e. The van der Waals surface area contributed by atoms with E-state index >= 15 is 0 Å². The Hall–Kier alpha value is -5.80. The summed E-state index contributed by atoms with van der Waals surface area (Å²) < 4.78 is 7.29. The molecule has 1 aliphatic carbocycles. The molecule has 0 saturated carbocycles. The predicted molar refractivity (Wildman–Crippen MR) is 219 cm³/mol. The quantitative estimate of drug-likeness (QED) is 0.169. The first kappa shape index (κ1) is 32.1. The normalized spacial score (nSPS) is 15.9. The van der Waals surface area contributed by atoms with Gasteiger partial charge in [-0.25, -0.2) is 0 Å². The Morgan fingerprint density at radius 3 is 1.88 bits per heavy atom. The van der Waals surface area contributed by atoms with Crippen LogP contribution in [0.4, 0.5) is 17.1 Å². The van der Waals surface area contributed by atoms with Crippen LogP contribution in [0.3, 0.4) is 0 Å². The van der Waals surface area contributed by atoms with Crippen LogP contribution in [-0.2, 0) is 5.41 Å². The van der Waals surface area contributed by atoms with Crippen molar-refractivity contribution in [3.05, 3.63) is 209 Å². The highest BCUT2D eigenvalue weighted by Crippen LogP contribution is 2.62. The third-order valence-electron chi connectivity index (χ3n) is 11.4. The molecule has 0 N–H and O–H groups in total. The second-order valence-corrected chi connectivity index (χ2v) is 15.1. The molecule has 0 bridgehead atoms. The van der Waals surface area contributed by atoms with E-state index in [1.165, 1.54) is 50.0 Å². The van der Waals surface area contributed by atoms with Crippen LogP contribution >= 0.6 is 0 Å². The standard InChI is InChI=1S/C49H42BNO/c1-34(2)36-22-10-14-27-41(36)50(46-32-9-6-18-33-48(46,3)4)42-28-19-26-40-47(42)52-45-31-17-13-25-39(45)49(40)37-23-11-15-29-43(37)51(35-20-7-5-8-21-35)44-30-16-12-24-38(44)49/h5-34H,1-4H3. The van der Waals surface area contributed by atoms with Gasteiger partial charge < -0.3 is 9.64 Å². The van der Waals surface area contributed by atoms with E-state index in [0.29, 0.717) is 5.92 Å². The van der Waals surface area contributed by atoms with Gasteiger partial charge in [-0.15, -0.1) is 0 Å². The average molecular weight is 672 g/mol. The molecule has 2 heterocycles. The number of rotatable bonds is 5. The molecule has 0 aromatic heterocycles. The van der Waals surface area contributed by atoms with Gasteiger partial charge in [0, 0.05) is 16.8 Å². The summed E-state index contributed by atoms with van der Waals surface area (Å²) in [6.45, 7) is 9.24. The number of anilines is 3. The number of allylic oxidation sites excluding steroid dienone is 6. The number of ether oxygens (including phenoxy) is 1. The summed E-state index contributed by atoms with van der Waals surface area (Å²) in [4.78, 5) is 2.43. The molecule has 6 aromatic rings. The van der Waals surface area contributed by atoms with Crippen molar-refractivity contribution in [3.63, 3.8) is 0 Å². The molecule has 52 heavy (non-hydrogen) atoms. The van der Waals surface area contributed by atoms with Crippen molar-refractivity contribution in [1.82, 2.24) is 0 Å². The van der Waals surface area contributed by atoms with Gasteiger partial charge >= 0.3 is 0 Å². The summed E-state index contributed by atoms with van der Waals surface area (Å²) in [5, 5.41) is 0. The maximum atomic E-state index is 7.29. The van der Waals surface area contributed by atoms with Crippen molar-refractivity contribution < 1.29 is 4.74 Å². The average Bonchev–Trinajstić information content (AvgIpc) is 3.35. The van der Waals surface area contributed by atoms with Gasteiger partial charge in [-0.1, -0.05) is 190 Å². The minimum atomic E-state index is -0.631. The van der Waals surface area contributed by atoms with Gasteiger partial charge in [0.05, 0.1) is 16.8 Å².